The van der Waals surface area contributed by atoms with Crippen molar-refractivity contribution in [3.8, 4) is 0 Å². The molecule has 1 N–H and O–H groups in total. The molecule has 8 heteroatoms. The first-order valence-corrected chi connectivity index (χ1v) is 8.47. The van der Waals surface area contributed by atoms with Crippen molar-refractivity contribution in [2.75, 3.05) is 16.8 Å². The van der Waals surface area contributed by atoms with E-state index < -0.39 is 17.6 Å². The summed E-state index contributed by atoms with van der Waals surface area (Å²) in [5.41, 5.74) is 0.597. The van der Waals surface area contributed by atoms with Gasteiger partial charge in [-0.2, -0.15) is 13.2 Å². The van der Waals surface area contributed by atoms with Gasteiger partial charge in [0.25, 0.3) is 0 Å². The molecule has 0 aromatic heterocycles. The molecule has 0 radical (unpaired) electrons. The van der Waals surface area contributed by atoms with Crippen LogP contribution in [0.15, 0.2) is 42.5 Å². The van der Waals surface area contributed by atoms with Gasteiger partial charge in [-0.25, -0.2) is 0 Å². The highest BCUT2D eigenvalue weighted by Gasteiger charge is 2.31. The van der Waals surface area contributed by atoms with Gasteiger partial charge in [0.2, 0.25) is 11.8 Å². The number of hydrogen-bond acceptors (Lipinski definition) is 2. The van der Waals surface area contributed by atoms with Gasteiger partial charge in [-0.05, 0) is 42.8 Å². The Morgan fingerprint density at radius 2 is 1.85 bits per heavy atom. The summed E-state index contributed by atoms with van der Waals surface area (Å²) in [5, 5.41) is 3.15. The normalized spacial score (nSPS) is 11.2. The van der Waals surface area contributed by atoms with Gasteiger partial charge in [0.1, 0.15) is 0 Å². The Kier molecular flexibility index (Phi) is 6.49. The molecule has 2 rings (SSSR count). The van der Waals surface area contributed by atoms with Crippen molar-refractivity contribution in [2.45, 2.75) is 26.4 Å². The van der Waals surface area contributed by atoms with Gasteiger partial charge in [0.05, 0.1) is 5.56 Å². The molecule has 2 aromatic rings. The fourth-order valence-corrected chi connectivity index (χ4v) is 2.61. The van der Waals surface area contributed by atoms with Gasteiger partial charge >= 0.3 is 6.18 Å². The van der Waals surface area contributed by atoms with Gasteiger partial charge in [-0.3, -0.25) is 9.59 Å². The van der Waals surface area contributed by atoms with Crippen molar-refractivity contribution in [3.63, 3.8) is 0 Å². The molecule has 0 saturated carbocycles. The van der Waals surface area contributed by atoms with Crippen LogP contribution in [0.1, 0.15) is 24.5 Å². The zero-order chi connectivity index (χ0) is 20.2. The maximum atomic E-state index is 12.9. The molecule has 144 valence electrons. The minimum Gasteiger partial charge on any atom is -0.326 e. The summed E-state index contributed by atoms with van der Waals surface area (Å²) in [6.45, 7) is 3.01. The smallest absolute Gasteiger partial charge is 0.326 e. The molecular formula is C19H18ClF3N2O2. The first kappa shape index (κ1) is 20.8. The Balaban J connectivity index is 2.07. The van der Waals surface area contributed by atoms with E-state index in [0.29, 0.717) is 10.7 Å². The van der Waals surface area contributed by atoms with E-state index in [4.69, 9.17) is 11.6 Å². The number of aryl methyl sites for hydroxylation is 1. The standard InChI is InChI=1S/C19H18ClF3N2O2/c1-12-6-7-15(11-17(12)20)24-18(27)8-9-25(13(2)26)16-5-3-4-14(10-16)19(21,22)23/h3-7,10-11H,8-9H2,1-2H3,(H,24,27). The van der Waals surface area contributed by atoms with E-state index >= 15 is 0 Å². The molecule has 0 aliphatic carbocycles. The Morgan fingerprint density at radius 1 is 1.15 bits per heavy atom. The van der Waals surface area contributed by atoms with Crippen LogP contribution in [0.4, 0.5) is 24.5 Å². The number of anilines is 2. The summed E-state index contributed by atoms with van der Waals surface area (Å²) in [6, 6.07) is 9.48. The van der Waals surface area contributed by atoms with E-state index in [-0.39, 0.29) is 24.6 Å². The molecule has 0 heterocycles. The zero-order valence-corrected chi connectivity index (χ0v) is 15.5. The van der Waals surface area contributed by atoms with E-state index in [1.54, 1.807) is 18.2 Å². The second-order valence-electron chi connectivity index (χ2n) is 5.98. The third kappa shape index (κ3) is 5.72. The van der Waals surface area contributed by atoms with Gasteiger partial charge < -0.3 is 10.2 Å². The lowest BCUT2D eigenvalue weighted by atomic mass is 10.1. The summed E-state index contributed by atoms with van der Waals surface area (Å²) in [5.74, 6) is -0.839. The van der Waals surface area contributed by atoms with Crippen LogP contribution in [0, 0.1) is 6.92 Å². The fraction of sp³-hybridized carbons (Fsp3) is 0.263. The van der Waals surface area contributed by atoms with E-state index in [9.17, 15) is 22.8 Å². The second-order valence-corrected chi connectivity index (χ2v) is 6.39. The van der Waals surface area contributed by atoms with Crippen LogP contribution < -0.4 is 10.2 Å². The monoisotopic (exact) mass is 398 g/mol. The summed E-state index contributed by atoms with van der Waals surface area (Å²) in [4.78, 5) is 25.1. The Morgan fingerprint density at radius 3 is 2.44 bits per heavy atom. The highest BCUT2D eigenvalue weighted by atomic mass is 35.5. The van der Waals surface area contributed by atoms with Crippen LogP contribution in [-0.2, 0) is 15.8 Å². The predicted molar refractivity (Wildman–Crippen MR) is 98.9 cm³/mol. The molecule has 0 spiro atoms. The molecule has 0 bridgehead atoms. The van der Waals surface area contributed by atoms with E-state index in [0.717, 1.165) is 22.6 Å². The molecule has 0 unspecified atom stereocenters. The summed E-state index contributed by atoms with van der Waals surface area (Å²) < 4.78 is 38.6. The van der Waals surface area contributed by atoms with Crippen LogP contribution >= 0.6 is 11.6 Å². The molecule has 27 heavy (non-hydrogen) atoms. The Bertz CT molecular complexity index is 853. The molecule has 4 nitrogen and oxygen atoms in total. The second kappa shape index (κ2) is 8.43. The summed E-state index contributed by atoms with van der Waals surface area (Å²) >= 11 is 6.00. The minimum absolute atomic E-state index is 0.0535. The first-order chi connectivity index (χ1) is 12.6. The molecule has 0 aliphatic heterocycles. The molecule has 2 amide bonds. The van der Waals surface area contributed by atoms with Crippen molar-refractivity contribution in [2.24, 2.45) is 0 Å². The number of nitrogens with one attached hydrogen (secondary N) is 1. The van der Waals surface area contributed by atoms with Crippen LogP contribution in [0.2, 0.25) is 5.02 Å². The number of halogens is 4. The molecular weight excluding hydrogens is 381 g/mol. The van der Waals surface area contributed by atoms with Gasteiger partial charge in [-0.15, -0.1) is 0 Å². The van der Waals surface area contributed by atoms with E-state index in [1.807, 2.05) is 6.92 Å². The van der Waals surface area contributed by atoms with Crippen molar-refractivity contribution in [1.29, 1.82) is 0 Å². The topological polar surface area (TPSA) is 49.4 Å². The third-order valence-corrected chi connectivity index (χ3v) is 4.29. The largest absolute Gasteiger partial charge is 0.416 e. The number of benzene rings is 2. The van der Waals surface area contributed by atoms with Crippen molar-refractivity contribution >= 4 is 34.8 Å². The van der Waals surface area contributed by atoms with Crippen LogP contribution in [0.5, 0.6) is 0 Å². The molecule has 0 saturated heterocycles. The lowest BCUT2D eigenvalue weighted by Crippen LogP contribution is -2.32. The van der Waals surface area contributed by atoms with Gasteiger partial charge in [0.15, 0.2) is 0 Å². The fourth-order valence-electron chi connectivity index (χ4n) is 2.43. The number of carbonyl (C=O) groups is 2. The lowest BCUT2D eigenvalue weighted by Gasteiger charge is -2.22. The summed E-state index contributed by atoms with van der Waals surface area (Å²) in [7, 11) is 0. The average Bonchev–Trinajstić information content (AvgIpc) is 2.57. The average molecular weight is 399 g/mol. The van der Waals surface area contributed by atoms with Crippen LogP contribution in [0.25, 0.3) is 0 Å². The quantitative estimate of drug-likeness (QED) is 0.766. The SMILES string of the molecule is CC(=O)N(CCC(=O)Nc1ccc(C)c(Cl)c1)c1cccc(C(F)(F)F)c1. The number of alkyl halides is 3. The molecule has 2 aromatic carbocycles. The van der Waals surface area contributed by atoms with Gasteiger partial charge in [0, 0.05) is 36.3 Å². The molecule has 0 fully saturated rings. The highest BCUT2D eigenvalue weighted by Crippen LogP contribution is 2.31. The number of amides is 2. The van der Waals surface area contributed by atoms with Crippen LogP contribution in [-0.4, -0.2) is 18.4 Å². The maximum Gasteiger partial charge on any atom is 0.416 e. The zero-order valence-electron chi connectivity index (χ0n) is 14.7. The van der Waals surface area contributed by atoms with Gasteiger partial charge in [-0.1, -0.05) is 23.7 Å². The van der Waals surface area contributed by atoms with Crippen molar-refractivity contribution < 1.29 is 22.8 Å². The number of rotatable bonds is 5. The predicted octanol–water partition coefficient (Wildman–Crippen LogP) is 5.05. The minimum atomic E-state index is -4.51. The first-order valence-electron chi connectivity index (χ1n) is 8.09. The highest BCUT2D eigenvalue weighted by molar-refractivity contribution is 6.31. The maximum absolute atomic E-state index is 12.9. The molecule has 0 aliphatic rings. The van der Waals surface area contributed by atoms with Crippen molar-refractivity contribution in [1.82, 2.24) is 0 Å². The third-order valence-electron chi connectivity index (χ3n) is 3.88. The Hall–Kier alpha value is -2.54. The van der Waals surface area contributed by atoms with Crippen molar-refractivity contribution in [3.05, 3.63) is 58.6 Å². The van der Waals surface area contributed by atoms with E-state index in [2.05, 4.69) is 5.32 Å². The Labute approximate surface area is 159 Å². The number of nitrogens with zero attached hydrogens (tertiary/aromatic N) is 1. The summed E-state index contributed by atoms with van der Waals surface area (Å²) in [6.07, 6.45) is -4.60. The van der Waals surface area contributed by atoms with E-state index in [1.165, 1.54) is 19.1 Å². The molecule has 0 atom stereocenters. The number of carbonyl (C=O) groups excluding carboxylic acids is 2. The van der Waals surface area contributed by atoms with Crippen LogP contribution in [0.3, 0.4) is 0 Å². The number of hydrogen-bond donors (Lipinski definition) is 1. The lowest BCUT2D eigenvalue weighted by molar-refractivity contribution is -0.137.